The van der Waals surface area contributed by atoms with E-state index in [0.29, 0.717) is 0 Å². The van der Waals surface area contributed by atoms with Gasteiger partial charge < -0.3 is 20.3 Å². The van der Waals surface area contributed by atoms with Crippen molar-refractivity contribution in [2.45, 2.75) is 6.54 Å². The average Bonchev–Trinajstić information content (AvgIpc) is 2.52. The van der Waals surface area contributed by atoms with E-state index in [-0.39, 0.29) is 0 Å². The number of methoxy groups -OCH3 is 1. The number of hydrogen-bond donors (Lipinski definition) is 1. The average molecular weight is 283 g/mol. The van der Waals surface area contributed by atoms with Crippen molar-refractivity contribution >= 4 is 17.1 Å². The van der Waals surface area contributed by atoms with Gasteiger partial charge in [0.2, 0.25) is 0 Å². The van der Waals surface area contributed by atoms with Crippen molar-refractivity contribution in [1.29, 1.82) is 0 Å². The van der Waals surface area contributed by atoms with Gasteiger partial charge in [-0.2, -0.15) is 0 Å². The van der Waals surface area contributed by atoms with Crippen molar-refractivity contribution < 1.29 is 4.74 Å². The van der Waals surface area contributed by atoms with Crippen molar-refractivity contribution in [1.82, 2.24) is 0 Å². The summed E-state index contributed by atoms with van der Waals surface area (Å²) in [6.07, 6.45) is 0. The Morgan fingerprint density at radius 3 is 2.57 bits per heavy atom. The first-order chi connectivity index (χ1) is 10.2. The van der Waals surface area contributed by atoms with E-state index in [0.717, 1.165) is 36.6 Å². The lowest BCUT2D eigenvalue weighted by atomic mass is 10.1. The molecule has 0 radical (unpaired) electrons. The molecule has 0 fully saturated rings. The molecule has 0 saturated carbocycles. The van der Waals surface area contributed by atoms with Crippen molar-refractivity contribution in [3.63, 3.8) is 0 Å². The van der Waals surface area contributed by atoms with E-state index < -0.39 is 0 Å². The first-order valence-electron chi connectivity index (χ1n) is 7.16. The number of nitrogens with two attached hydrogens (primary N) is 1. The second kappa shape index (κ2) is 5.56. The number of fused-ring (bicyclic) bond motifs is 1. The number of rotatable bonds is 3. The van der Waals surface area contributed by atoms with Crippen molar-refractivity contribution in [2.75, 3.05) is 42.8 Å². The number of para-hydroxylation sites is 2. The molecule has 4 heteroatoms. The van der Waals surface area contributed by atoms with E-state index >= 15 is 0 Å². The number of nitrogen functional groups attached to an aromatic ring is 1. The van der Waals surface area contributed by atoms with Gasteiger partial charge in [-0.05, 0) is 23.8 Å². The predicted molar refractivity (Wildman–Crippen MR) is 88.2 cm³/mol. The van der Waals surface area contributed by atoms with Crippen LogP contribution >= 0.6 is 0 Å². The molecule has 3 rings (SSSR count). The van der Waals surface area contributed by atoms with Crippen molar-refractivity contribution in [2.24, 2.45) is 0 Å². The van der Waals surface area contributed by atoms with Gasteiger partial charge in [0, 0.05) is 38.4 Å². The molecule has 0 amide bonds. The van der Waals surface area contributed by atoms with Gasteiger partial charge in [-0.3, -0.25) is 0 Å². The molecule has 1 heterocycles. The van der Waals surface area contributed by atoms with Crippen molar-refractivity contribution in [3.8, 4) is 5.75 Å². The molecule has 21 heavy (non-hydrogen) atoms. The Hall–Kier alpha value is -2.36. The summed E-state index contributed by atoms with van der Waals surface area (Å²) in [7, 11) is 3.79. The van der Waals surface area contributed by atoms with Crippen LogP contribution in [-0.4, -0.2) is 27.2 Å². The predicted octanol–water partition coefficient (Wildman–Crippen LogP) is 2.73. The van der Waals surface area contributed by atoms with Gasteiger partial charge in [-0.15, -0.1) is 0 Å². The van der Waals surface area contributed by atoms with Gasteiger partial charge >= 0.3 is 0 Å². The molecule has 2 N–H and O–H groups in total. The number of ether oxygens (including phenoxy) is 1. The molecule has 2 aromatic rings. The highest BCUT2D eigenvalue weighted by molar-refractivity contribution is 5.73. The van der Waals surface area contributed by atoms with E-state index in [1.165, 1.54) is 11.4 Å². The maximum Gasteiger partial charge on any atom is 0.120 e. The quantitative estimate of drug-likeness (QED) is 0.880. The number of likely N-dealkylation sites (N-methyl/N-ethyl adjacent to an activating group) is 1. The second-order valence-corrected chi connectivity index (χ2v) is 5.40. The summed E-state index contributed by atoms with van der Waals surface area (Å²) in [6, 6.07) is 14.4. The Kier molecular flexibility index (Phi) is 3.60. The summed E-state index contributed by atoms with van der Waals surface area (Å²) in [5.74, 6) is 0.801. The van der Waals surface area contributed by atoms with Crippen LogP contribution < -0.4 is 20.3 Å². The highest BCUT2D eigenvalue weighted by Crippen LogP contribution is 2.33. The Balaban J connectivity index is 1.88. The molecule has 0 aliphatic carbocycles. The summed E-state index contributed by atoms with van der Waals surface area (Å²) < 4.78 is 5.21. The largest absolute Gasteiger partial charge is 0.497 e. The van der Waals surface area contributed by atoms with Gasteiger partial charge in [0.15, 0.2) is 0 Å². The summed E-state index contributed by atoms with van der Waals surface area (Å²) in [5.41, 5.74) is 10.6. The zero-order chi connectivity index (χ0) is 14.8. The smallest absolute Gasteiger partial charge is 0.120 e. The van der Waals surface area contributed by atoms with Gasteiger partial charge in [0.05, 0.1) is 18.5 Å². The molecule has 0 aromatic heterocycles. The lowest BCUT2D eigenvalue weighted by molar-refractivity contribution is 0.415. The maximum atomic E-state index is 6.14. The van der Waals surface area contributed by atoms with Crippen LogP contribution in [0.25, 0.3) is 0 Å². The van der Waals surface area contributed by atoms with E-state index in [4.69, 9.17) is 10.5 Å². The highest BCUT2D eigenvalue weighted by Gasteiger charge is 2.20. The number of benzene rings is 2. The third-order valence-corrected chi connectivity index (χ3v) is 4.05. The normalized spacial score (nSPS) is 14.0. The van der Waals surface area contributed by atoms with Crippen LogP contribution in [0.15, 0.2) is 42.5 Å². The van der Waals surface area contributed by atoms with E-state index in [1.807, 2.05) is 12.1 Å². The fourth-order valence-electron chi connectivity index (χ4n) is 2.78. The van der Waals surface area contributed by atoms with Crippen LogP contribution in [0.1, 0.15) is 5.56 Å². The molecule has 1 aliphatic heterocycles. The zero-order valence-electron chi connectivity index (χ0n) is 12.5. The Morgan fingerprint density at radius 1 is 1.10 bits per heavy atom. The first kappa shape index (κ1) is 13.6. The lowest BCUT2D eigenvalue weighted by Crippen LogP contribution is -2.38. The Morgan fingerprint density at radius 2 is 1.86 bits per heavy atom. The number of anilines is 3. The van der Waals surface area contributed by atoms with Gasteiger partial charge in [-0.1, -0.05) is 18.2 Å². The molecule has 1 aliphatic rings. The third-order valence-electron chi connectivity index (χ3n) is 4.05. The third kappa shape index (κ3) is 2.61. The zero-order valence-corrected chi connectivity index (χ0v) is 12.5. The van der Waals surface area contributed by atoms with Crippen molar-refractivity contribution in [3.05, 3.63) is 48.0 Å². The lowest BCUT2D eigenvalue weighted by Gasteiger charge is -2.37. The fraction of sp³-hybridized carbons (Fsp3) is 0.294. The van der Waals surface area contributed by atoms with Gasteiger partial charge in [0.25, 0.3) is 0 Å². The van der Waals surface area contributed by atoms with Crippen LogP contribution in [0.5, 0.6) is 5.75 Å². The topological polar surface area (TPSA) is 41.7 Å². The van der Waals surface area contributed by atoms with Gasteiger partial charge in [-0.25, -0.2) is 0 Å². The van der Waals surface area contributed by atoms with Crippen LogP contribution in [0.2, 0.25) is 0 Å². The van der Waals surface area contributed by atoms with Gasteiger partial charge in [0.1, 0.15) is 5.75 Å². The number of hydrogen-bond acceptors (Lipinski definition) is 4. The van der Waals surface area contributed by atoms with Crippen LogP contribution in [0.3, 0.4) is 0 Å². The Bertz CT molecular complexity index is 642. The molecule has 2 aromatic carbocycles. The SMILES string of the molecule is COc1ccc(CN2CCN(C)c3ccccc32)c(N)c1. The molecular weight excluding hydrogens is 262 g/mol. The molecule has 0 bridgehead atoms. The summed E-state index contributed by atoms with van der Waals surface area (Å²) in [4.78, 5) is 4.68. The van der Waals surface area contributed by atoms with Crippen LogP contribution in [-0.2, 0) is 6.54 Å². The Labute approximate surface area is 125 Å². The van der Waals surface area contributed by atoms with E-state index in [2.05, 4.69) is 47.2 Å². The molecule has 4 nitrogen and oxygen atoms in total. The second-order valence-electron chi connectivity index (χ2n) is 5.40. The monoisotopic (exact) mass is 283 g/mol. The van der Waals surface area contributed by atoms with E-state index in [9.17, 15) is 0 Å². The molecule has 0 spiro atoms. The minimum Gasteiger partial charge on any atom is -0.497 e. The summed E-state index contributed by atoms with van der Waals surface area (Å²) in [6.45, 7) is 2.84. The minimum atomic E-state index is 0.783. The number of nitrogens with zero attached hydrogens (tertiary/aromatic N) is 2. The van der Waals surface area contributed by atoms with Crippen LogP contribution in [0.4, 0.5) is 17.1 Å². The summed E-state index contributed by atoms with van der Waals surface area (Å²) in [5, 5.41) is 0. The maximum absolute atomic E-state index is 6.14. The molecule has 110 valence electrons. The molecular formula is C17H21N3O. The first-order valence-corrected chi connectivity index (χ1v) is 7.16. The minimum absolute atomic E-state index is 0.783. The highest BCUT2D eigenvalue weighted by atomic mass is 16.5. The standard InChI is InChI=1S/C17H21N3O/c1-19-9-10-20(17-6-4-3-5-16(17)19)12-13-7-8-14(21-2)11-15(13)18/h3-8,11H,9-10,12,18H2,1-2H3. The molecule has 0 unspecified atom stereocenters. The fourth-order valence-corrected chi connectivity index (χ4v) is 2.78. The van der Waals surface area contributed by atoms with Crippen LogP contribution in [0, 0.1) is 0 Å². The summed E-state index contributed by atoms with van der Waals surface area (Å²) >= 11 is 0. The van der Waals surface area contributed by atoms with E-state index in [1.54, 1.807) is 7.11 Å². The molecule has 0 saturated heterocycles. The molecule has 0 atom stereocenters.